The van der Waals surface area contributed by atoms with Crippen LogP contribution in [0, 0.1) is 0 Å². The van der Waals surface area contributed by atoms with Crippen LogP contribution >= 0.6 is 0 Å². The SMILES string of the molecule is CC(C)(C)[Si](C)(C)OC1CCC(O)OC1. The maximum Gasteiger partial charge on any atom is 0.192 e. The lowest BCUT2D eigenvalue weighted by Gasteiger charge is -2.40. The van der Waals surface area contributed by atoms with Gasteiger partial charge in [0, 0.05) is 6.42 Å². The number of hydrogen-bond donors (Lipinski definition) is 1. The monoisotopic (exact) mass is 232 g/mol. The smallest absolute Gasteiger partial charge is 0.192 e. The molecule has 15 heavy (non-hydrogen) atoms. The highest BCUT2D eigenvalue weighted by Gasteiger charge is 2.39. The fourth-order valence-corrected chi connectivity index (χ4v) is 2.77. The van der Waals surface area contributed by atoms with Crippen molar-refractivity contribution < 1.29 is 14.3 Å². The topological polar surface area (TPSA) is 38.7 Å². The molecule has 0 aromatic rings. The zero-order valence-electron chi connectivity index (χ0n) is 10.5. The van der Waals surface area contributed by atoms with Gasteiger partial charge in [-0.2, -0.15) is 0 Å². The lowest BCUT2D eigenvalue weighted by molar-refractivity contribution is -0.153. The van der Waals surface area contributed by atoms with E-state index >= 15 is 0 Å². The number of hydrogen-bond acceptors (Lipinski definition) is 3. The molecule has 1 rings (SSSR count). The van der Waals surface area contributed by atoms with Crippen LogP contribution in [-0.4, -0.2) is 32.4 Å². The van der Waals surface area contributed by atoms with E-state index in [-0.39, 0.29) is 11.1 Å². The standard InChI is InChI=1S/C11H24O3Si/c1-11(2,3)15(4,5)14-9-6-7-10(12)13-8-9/h9-10,12H,6-8H2,1-5H3. The Labute approximate surface area is 93.9 Å². The quantitative estimate of drug-likeness (QED) is 0.744. The summed E-state index contributed by atoms with van der Waals surface area (Å²) in [5.41, 5.74) is 0. The molecule has 0 saturated carbocycles. The second-order valence-electron chi connectivity index (χ2n) is 5.87. The first-order valence-electron chi connectivity index (χ1n) is 5.70. The molecule has 1 N–H and O–H groups in total. The van der Waals surface area contributed by atoms with Gasteiger partial charge in [-0.3, -0.25) is 0 Å². The van der Waals surface area contributed by atoms with Gasteiger partial charge in [0.25, 0.3) is 0 Å². The molecule has 4 heteroatoms. The van der Waals surface area contributed by atoms with Crippen molar-refractivity contribution in [2.45, 2.75) is 64.1 Å². The predicted octanol–water partition coefficient (Wildman–Crippen LogP) is 2.51. The summed E-state index contributed by atoms with van der Waals surface area (Å²) in [6, 6.07) is 0. The highest BCUT2D eigenvalue weighted by Crippen LogP contribution is 2.38. The van der Waals surface area contributed by atoms with E-state index in [1.807, 2.05) is 0 Å². The molecule has 2 unspecified atom stereocenters. The summed E-state index contributed by atoms with van der Waals surface area (Å²) in [4.78, 5) is 0. The maximum atomic E-state index is 9.22. The Hall–Kier alpha value is 0.0969. The first-order valence-corrected chi connectivity index (χ1v) is 8.61. The Balaban J connectivity index is 2.48. The number of aliphatic hydroxyl groups excluding tert-OH is 1. The molecule has 2 atom stereocenters. The van der Waals surface area contributed by atoms with Crippen molar-refractivity contribution in [3.8, 4) is 0 Å². The fraction of sp³-hybridized carbons (Fsp3) is 1.00. The van der Waals surface area contributed by atoms with Crippen LogP contribution < -0.4 is 0 Å². The summed E-state index contributed by atoms with van der Waals surface area (Å²) in [6.07, 6.45) is 1.20. The van der Waals surface area contributed by atoms with Gasteiger partial charge in [0.2, 0.25) is 0 Å². The molecule has 0 radical (unpaired) electrons. The number of aliphatic hydroxyl groups is 1. The molecule has 1 saturated heterocycles. The second kappa shape index (κ2) is 4.53. The Kier molecular flexibility index (Phi) is 3.98. The molecule has 0 aromatic carbocycles. The maximum absolute atomic E-state index is 9.22. The molecule has 0 bridgehead atoms. The molecule has 3 nitrogen and oxygen atoms in total. The molecule has 90 valence electrons. The van der Waals surface area contributed by atoms with E-state index < -0.39 is 14.6 Å². The molecule has 1 aliphatic heterocycles. The lowest BCUT2D eigenvalue weighted by Crippen LogP contribution is -2.46. The lowest BCUT2D eigenvalue weighted by atomic mass is 10.1. The Morgan fingerprint density at radius 2 is 1.87 bits per heavy atom. The van der Waals surface area contributed by atoms with Crippen LogP contribution in [0.1, 0.15) is 33.6 Å². The zero-order chi connectivity index (χ0) is 11.7. The first kappa shape index (κ1) is 13.2. The van der Waals surface area contributed by atoms with E-state index in [0.717, 1.165) is 6.42 Å². The average molecular weight is 232 g/mol. The van der Waals surface area contributed by atoms with Crippen molar-refractivity contribution in [2.75, 3.05) is 6.61 Å². The number of rotatable bonds is 2. The van der Waals surface area contributed by atoms with Gasteiger partial charge in [0.05, 0.1) is 12.7 Å². The third-order valence-electron chi connectivity index (χ3n) is 3.48. The molecule has 0 amide bonds. The van der Waals surface area contributed by atoms with E-state index in [1.54, 1.807) is 0 Å². The van der Waals surface area contributed by atoms with Gasteiger partial charge in [-0.15, -0.1) is 0 Å². The second-order valence-corrected chi connectivity index (χ2v) is 10.6. The summed E-state index contributed by atoms with van der Waals surface area (Å²) >= 11 is 0. The first-order chi connectivity index (χ1) is 6.72. The van der Waals surface area contributed by atoms with Crippen LogP contribution in [-0.2, 0) is 9.16 Å². The van der Waals surface area contributed by atoms with Crippen LogP contribution in [0.4, 0.5) is 0 Å². The van der Waals surface area contributed by atoms with E-state index in [0.29, 0.717) is 13.0 Å². The van der Waals surface area contributed by atoms with Crippen molar-refractivity contribution in [2.24, 2.45) is 0 Å². The van der Waals surface area contributed by atoms with Crippen LogP contribution in [0.5, 0.6) is 0 Å². The third kappa shape index (κ3) is 3.55. The molecule has 0 aliphatic carbocycles. The van der Waals surface area contributed by atoms with Gasteiger partial charge >= 0.3 is 0 Å². The van der Waals surface area contributed by atoms with Crippen LogP contribution in [0.2, 0.25) is 18.1 Å². The summed E-state index contributed by atoms with van der Waals surface area (Å²) < 4.78 is 11.4. The molecule has 0 aromatic heterocycles. The molecular formula is C11H24O3Si. The van der Waals surface area contributed by atoms with E-state index in [1.165, 1.54) is 0 Å². The molecular weight excluding hydrogens is 208 g/mol. The summed E-state index contributed by atoms with van der Waals surface area (Å²) in [6.45, 7) is 11.7. The summed E-state index contributed by atoms with van der Waals surface area (Å²) in [5, 5.41) is 9.46. The van der Waals surface area contributed by atoms with E-state index in [2.05, 4.69) is 33.9 Å². The van der Waals surface area contributed by atoms with E-state index in [9.17, 15) is 5.11 Å². The van der Waals surface area contributed by atoms with Gasteiger partial charge in [0.1, 0.15) is 0 Å². The van der Waals surface area contributed by atoms with E-state index in [4.69, 9.17) is 9.16 Å². The highest BCUT2D eigenvalue weighted by molar-refractivity contribution is 6.74. The summed E-state index contributed by atoms with van der Waals surface area (Å²) in [7, 11) is -1.68. The van der Waals surface area contributed by atoms with Crippen molar-refractivity contribution in [1.82, 2.24) is 0 Å². The van der Waals surface area contributed by atoms with Gasteiger partial charge in [0.15, 0.2) is 14.6 Å². The van der Waals surface area contributed by atoms with Crippen molar-refractivity contribution in [3.05, 3.63) is 0 Å². The highest BCUT2D eigenvalue weighted by atomic mass is 28.4. The minimum Gasteiger partial charge on any atom is -0.412 e. The molecule has 1 heterocycles. The third-order valence-corrected chi connectivity index (χ3v) is 8.01. The molecule has 1 fully saturated rings. The van der Waals surface area contributed by atoms with Crippen LogP contribution in [0.3, 0.4) is 0 Å². The minimum absolute atomic E-state index is 0.175. The molecule has 0 spiro atoms. The average Bonchev–Trinajstić information content (AvgIpc) is 2.06. The van der Waals surface area contributed by atoms with Crippen molar-refractivity contribution in [3.63, 3.8) is 0 Å². The van der Waals surface area contributed by atoms with Gasteiger partial charge in [-0.1, -0.05) is 20.8 Å². The zero-order valence-corrected chi connectivity index (χ0v) is 11.5. The molecule has 1 aliphatic rings. The Morgan fingerprint density at radius 3 is 2.27 bits per heavy atom. The normalized spacial score (nSPS) is 29.2. The van der Waals surface area contributed by atoms with Crippen molar-refractivity contribution >= 4 is 8.32 Å². The van der Waals surface area contributed by atoms with Crippen LogP contribution in [0.15, 0.2) is 0 Å². The predicted molar refractivity (Wildman–Crippen MR) is 63.3 cm³/mol. The Bertz CT molecular complexity index is 202. The van der Waals surface area contributed by atoms with Gasteiger partial charge in [-0.05, 0) is 24.6 Å². The Morgan fingerprint density at radius 1 is 1.27 bits per heavy atom. The minimum atomic E-state index is -1.68. The number of ether oxygens (including phenoxy) is 1. The summed E-state index contributed by atoms with van der Waals surface area (Å²) in [5.74, 6) is 0. The van der Waals surface area contributed by atoms with Crippen molar-refractivity contribution in [1.29, 1.82) is 0 Å². The van der Waals surface area contributed by atoms with Gasteiger partial charge in [-0.25, -0.2) is 0 Å². The fourth-order valence-electron chi connectivity index (χ4n) is 1.40. The van der Waals surface area contributed by atoms with Gasteiger partial charge < -0.3 is 14.3 Å². The van der Waals surface area contributed by atoms with Crippen LogP contribution in [0.25, 0.3) is 0 Å². The largest absolute Gasteiger partial charge is 0.412 e.